The highest BCUT2D eigenvalue weighted by Gasteiger charge is 2.27. The fourth-order valence-corrected chi connectivity index (χ4v) is 2.61. The van der Waals surface area contributed by atoms with Crippen molar-refractivity contribution in [1.82, 2.24) is 0 Å². The minimum absolute atomic E-state index is 0.195. The molecule has 0 spiro atoms. The lowest BCUT2D eigenvalue weighted by Gasteiger charge is -2.24. The Kier molecular flexibility index (Phi) is 4.73. The van der Waals surface area contributed by atoms with E-state index in [2.05, 4.69) is 6.92 Å². The number of ether oxygens (including phenoxy) is 1. The van der Waals surface area contributed by atoms with Crippen LogP contribution in [0.2, 0.25) is 0 Å². The van der Waals surface area contributed by atoms with Crippen LogP contribution in [-0.4, -0.2) is 5.97 Å². The number of rotatable bonds is 3. The molecule has 110 valence electrons. The van der Waals surface area contributed by atoms with Gasteiger partial charge in [0.2, 0.25) is 5.82 Å². The number of hydrogen-bond acceptors (Lipinski definition) is 2. The lowest BCUT2D eigenvalue weighted by molar-refractivity contribution is -0.140. The largest absolute Gasteiger partial charge is 0.423 e. The van der Waals surface area contributed by atoms with Crippen molar-refractivity contribution in [2.45, 2.75) is 46.0 Å². The van der Waals surface area contributed by atoms with Crippen LogP contribution >= 0.6 is 0 Å². The molecule has 1 aromatic carbocycles. The summed E-state index contributed by atoms with van der Waals surface area (Å²) >= 11 is 0. The van der Waals surface area contributed by atoms with Crippen LogP contribution in [0, 0.1) is 23.5 Å². The van der Waals surface area contributed by atoms with E-state index in [1.54, 1.807) is 6.92 Å². The van der Waals surface area contributed by atoms with Crippen LogP contribution in [0.25, 0.3) is 0 Å². The Balaban J connectivity index is 2.06. The molecule has 1 aliphatic rings. The molecule has 0 bridgehead atoms. The average Bonchev–Trinajstić information content (AvgIpc) is 2.45. The first-order valence-electron chi connectivity index (χ1n) is 7.21. The molecule has 20 heavy (non-hydrogen) atoms. The summed E-state index contributed by atoms with van der Waals surface area (Å²) in [6.07, 6.45) is 3.88. The zero-order valence-corrected chi connectivity index (χ0v) is 11.9. The first-order chi connectivity index (χ1) is 9.52. The van der Waals surface area contributed by atoms with Gasteiger partial charge in [-0.15, -0.1) is 0 Å². The third-order valence-corrected chi connectivity index (χ3v) is 4.07. The number of carbonyl (C=O) groups excluding carboxylic acids is 1. The predicted octanol–water partition coefficient (Wildman–Crippen LogP) is 4.26. The monoisotopic (exact) mass is 282 g/mol. The van der Waals surface area contributed by atoms with E-state index in [1.165, 1.54) is 12.1 Å². The van der Waals surface area contributed by atoms with Gasteiger partial charge in [-0.05, 0) is 49.7 Å². The lowest BCUT2D eigenvalue weighted by Crippen LogP contribution is -2.25. The van der Waals surface area contributed by atoms with Gasteiger partial charge in [-0.1, -0.05) is 19.9 Å². The van der Waals surface area contributed by atoms with E-state index in [9.17, 15) is 13.6 Å². The fourth-order valence-electron chi connectivity index (χ4n) is 2.61. The van der Waals surface area contributed by atoms with E-state index in [0.29, 0.717) is 12.3 Å². The molecular formula is C16H20F2O2. The first-order valence-corrected chi connectivity index (χ1v) is 7.21. The van der Waals surface area contributed by atoms with Crippen LogP contribution in [0.1, 0.15) is 45.1 Å². The predicted molar refractivity (Wildman–Crippen MR) is 72.5 cm³/mol. The maximum absolute atomic E-state index is 13.8. The molecule has 0 saturated heterocycles. The van der Waals surface area contributed by atoms with Gasteiger partial charge in [0, 0.05) is 0 Å². The minimum Gasteiger partial charge on any atom is -0.423 e. The summed E-state index contributed by atoms with van der Waals surface area (Å²) in [5, 5.41) is 0. The molecule has 1 saturated carbocycles. The van der Waals surface area contributed by atoms with Gasteiger partial charge in [0.1, 0.15) is 0 Å². The quantitative estimate of drug-likeness (QED) is 0.611. The number of esters is 1. The Morgan fingerprint density at radius 1 is 1.20 bits per heavy atom. The molecule has 0 heterocycles. The van der Waals surface area contributed by atoms with Crippen LogP contribution in [0.3, 0.4) is 0 Å². The Morgan fingerprint density at radius 3 is 2.45 bits per heavy atom. The Bertz CT molecular complexity index is 491. The molecule has 2 nitrogen and oxygen atoms in total. The zero-order chi connectivity index (χ0) is 14.7. The van der Waals surface area contributed by atoms with Gasteiger partial charge in [-0.2, -0.15) is 4.39 Å². The molecule has 0 amide bonds. The number of carbonyl (C=O) groups is 1. The molecule has 2 rings (SSSR count). The number of benzene rings is 1. The van der Waals surface area contributed by atoms with Crippen molar-refractivity contribution in [2.75, 3.05) is 0 Å². The summed E-state index contributed by atoms with van der Waals surface area (Å²) in [5.41, 5.74) is 0.286. The van der Waals surface area contributed by atoms with E-state index in [1.807, 2.05) is 0 Å². The van der Waals surface area contributed by atoms with E-state index in [0.717, 1.165) is 25.7 Å². The molecule has 0 N–H and O–H groups in total. The molecular weight excluding hydrogens is 262 g/mol. The molecule has 0 unspecified atom stereocenters. The van der Waals surface area contributed by atoms with Gasteiger partial charge in [0.25, 0.3) is 0 Å². The third-order valence-electron chi connectivity index (χ3n) is 4.07. The molecule has 1 aliphatic carbocycles. The van der Waals surface area contributed by atoms with Gasteiger partial charge in [0.15, 0.2) is 11.6 Å². The molecule has 0 aromatic heterocycles. The zero-order valence-electron chi connectivity index (χ0n) is 11.9. The summed E-state index contributed by atoms with van der Waals surface area (Å²) < 4.78 is 32.5. The summed E-state index contributed by atoms with van der Waals surface area (Å²) in [4.78, 5) is 12.0. The van der Waals surface area contributed by atoms with Crippen LogP contribution in [0.15, 0.2) is 12.1 Å². The minimum atomic E-state index is -1.07. The van der Waals surface area contributed by atoms with Crippen LogP contribution in [0.5, 0.6) is 5.75 Å². The third kappa shape index (κ3) is 3.17. The van der Waals surface area contributed by atoms with E-state index in [-0.39, 0.29) is 17.2 Å². The number of hydrogen-bond donors (Lipinski definition) is 0. The van der Waals surface area contributed by atoms with Gasteiger partial charge in [0.05, 0.1) is 5.92 Å². The summed E-state index contributed by atoms with van der Waals surface area (Å²) in [6, 6.07) is 2.80. The topological polar surface area (TPSA) is 26.3 Å². The van der Waals surface area contributed by atoms with Gasteiger partial charge < -0.3 is 4.74 Å². The van der Waals surface area contributed by atoms with Crippen LogP contribution < -0.4 is 4.74 Å². The average molecular weight is 282 g/mol. The van der Waals surface area contributed by atoms with Crippen LogP contribution in [-0.2, 0) is 11.2 Å². The van der Waals surface area contributed by atoms with E-state index in [4.69, 9.17) is 4.74 Å². The highest BCUT2D eigenvalue weighted by atomic mass is 19.2. The highest BCUT2D eigenvalue weighted by molar-refractivity contribution is 5.75. The van der Waals surface area contributed by atoms with Crippen molar-refractivity contribution in [3.05, 3.63) is 29.3 Å². The van der Waals surface area contributed by atoms with Crippen molar-refractivity contribution < 1.29 is 18.3 Å². The normalized spacial score (nSPS) is 22.6. The Labute approximate surface area is 118 Å². The van der Waals surface area contributed by atoms with Crippen molar-refractivity contribution in [3.8, 4) is 5.75 Å². The first kappa shape index (κ1) is 14.9. The second-order valence-corrected chi connectivity index (χ2v) is 5.58. The molecule has 0 aliphatic heterocycles. The molecule has 4 heteroatoms. The standard InChI is InChI=1S/C16H20F2O2/c1-3-11-8-9-13(15(18)14(11)17)20-16(19)12-6-4-10(2)5-7-12/h8-10,12H,3-7H2,1-2H3. The van der Waals surface area contributed by atoms with Gasteiger partial charge in [-0.25, -0.2) is 4.39 Å². The molecule has 1 fully saturated rings. The van der Waals surface area contributed by atoms with E-state index < -0.39 is 17.6 Å². The number of aryl methyl sites for hydroxylation is 1. The maximum atomic E-state index is 13.8. The SMILES string of the molecule is CCc1ccc(OC(=O)C2CCC(C)CC2)c(F)c1F. The fraction of sp³-hybridized carbons (Fsp3) is 0.562. The smallest absolute Gasteiger partial charge is 0.314 e. The second kappa shape index (κ2) is 6.33. The lowest BCUT2D eigenvalue weighted by atomic mass is 9.83. The second-order valence-electron chi connectivity index (χ2n) is 5.58. The number of halogens is 2. The van der Waals surface area contributed by atoms with Gasteiger partial charge in [-0.3, -0.25) is 4.79 Å². The van der Waals surface area contributed by atoms with Crippen molar-refractivity contribution in [1.29, 1.82) is 0 Å². The van der Waals surface area contributed by atoms with Crippen molar-refractivity contribution in [3.63, 3.8) is 0 Å². The highest BCUT2D eigenvalue weighted by Crippen LogP contribution is 2.30. The van der Waals surface area contributed by atoms with Gasteiger partial charge >= 0.3 is 5.97 Å². The summed E-state index contributed by atoms with van der Waals surface area (Å²) in [7, 11) is 0. The maximum Gasteiger partial charge on any atom is 0.314 e. The summed E-state index contributed by atoms with van der Waals surface area (Å²) in [6.45, 7) is 3.90. The van der Waals surface area contributed by atoms with Crippen LogP contribution in [0.4, 0.5) is 8.78 Å². The molecule has 0 radical (unpaired) electrons. The summed E-state index contributed by atoms with van der Waals surface area (Å²) in [5.74, 6) is -2.31. The molecule has 0 atom stereocenters. The van der Waals surface area contributed by atoms with Crippen molar-refractivity contribution >= 4 is 5.97 Å². The van der Waals surface area contributed by atoms with E-state index >= 15 is 0 Å². The molecule has 1 aromatic rings. The van der Waals surface area contributed by atoms with Crippen molar-refractivity contribution in [2.24, 2.45) is 11.8 Å². The Hall–Kier alpha value is -1.45. The Morgan fingerprint density at radius 2 is 1.85 bits per heavy atom.